The van der Waals surface area contributed by atoms with Gasteiger partial charge in [-0.3, -0.25) is 4.79 Å². The quantitative estimate of drug-likeness (QED) is 0.685. The van der Waals surface area contributed by atoms with E-state index in [0.717, 1.165) is 0 Å². The molecule has 0 atom stereocenters. The first kappa shape index (κ1) is 22.4. The number of Topliss-reactive ketones (excluding diaryl/α,β-unsaturated/α-hetero) is 1. The first-order valence-corrected chi connectivity index (χ1v) is 9.47. The number of ether oxygens (including phenoxy) is 2. The van der Waals surface area contributed by atoms with Crippen molar-refractivity contribution in [1.29, 1.82) is 0 Å². The molecule has 0 saturated carbocycles. The number of carbonyl (C=O) groups is 3. The van der Waals surface area contributed by atoms with Crippen molar-refractivity contribution in [2.45, 2.75) is 59.7 Å². The van der Waals surface area contributed by atoms with Crippen molar-refractivity contribution < 1.29 is 23.9 Å². The van der Waals surface area contributed by atoms with Crippen LogP contribution in [0.3, 0.4) is 0 Å². The lowest BCUT2D eigenvalue weighted by Gasteiger charge is -2.27. The molecule has 8 nitrogen and oxygen atoms in total. The number of hydrogen-bond donors (Lipinski definition) is 0. The SMILES string of the molecule is CC(=O)c1ccc(N=C2N(C(=O)OC(C)(C)C)CCN2C(=O)OC(C)(C)C)cc1. The maximum absolute atomic E-state index is 12.7. The van der Waals surface area contributed by atoms with Gasteiger partial charge >= 0.3 is 12.2 Å². The maximum atomic E-state index is 12.7. The van der Waals surface area contributed by atoms with Gasteiger partial charge < -0.3 is 9.47 Å². The third-order valence-corrected chi connectivity index (χ3v) is 3.76. The lowest BCUT2D eigenvalue weighted by molar-refractivity contribution is 0.0374. The summed E-state index contributed by atoms with van der Waals surface area (Å²) in [6.07, 6.45) is -1.19. The highest BCUT2D eigenvalue weighted by Crippen LogP contribution is 2.22. The third kappa shape index (κ3) is 6.30. The van der Waals surface area contributed by atoms with Crippen LogP contribution in [0.25, 0.3) is 0 Å². The molecule has 2 amide bonds. The monoisotopic (exact) mass is 403 g/mol. The molecule has 0 bridgehead atoms. The van der Waals surface area contributed by atoms with Crippen LogP contribution in [-0.4, -0.2) is 58.0 Å². The van der Waals surface area contributed by atoms with Crippen molar-refractivity contribution in [2.24, 2.45) is 4.99 Å². The van der Waals surface area contributed by atoms with Crippen LogP contribution < -0.4 is 0 Å². The molecule has 1 aliphatic rings. The highest BCUT2D eigenvalue weighted by Gasteiger charge is 2.39. The average Bonchev–Trinajstić information content (AvgIpc) is 2.96. The molecule has 0 aliphatic carbocycles. The van der Waals surface area contributed by atoms with Crippen molar-refractivity contribution in [3.63, 3.8) is 0 Å². The molecule has 29 heavy (non-hydrogen) atoms. The standard InChI is InChI=1S/C21H29N3O5/c1-14(25)15-8-10-16(11-9-15)22-17-23(18(26)28-20(2,3)4)12-13-24(17)19(27)29-21(5,6)7/h8-11H,12-13H2,1-7H3. The highest BCUT2D eigenvalue weighted by atomic mass is 16.6. The van der Waals surface area contributed by atoms with Crippen molar-refractivity contribution >= 4 is 29.6 Å². The Morgan fingerprint density at radius 3 is 1.59 bits per heavy atom. The summed E-state index contributed by atoms with van der Waals surface area (Å²) < 4.78 is 10.9. The summed E-state index contributed by atoms with van der Waals surface area (Å²) >= 11 is 0. The number of amides is 2. The van der Waals surface area contributed by atoms with Crippen LogP contribution in [0.5, 0.6) is 0 Å². The van der Waals surface area contributed by atoms with E-state index in [2.05, 4.69) is 4.99 Å². The Bertz CT molecular complexity index is 778. The van der Waals surface area contributed by atoms with E-state index in [4.69, 9.17) is 9.47 Å². The normalized spacial score (nSPS) is 14.7. The number of guanidine groups is 1. The van der Waals surface area contributed by atoms with Gasteiger partial charge in [-0.15, -0.1) is 0 Å². The zero-order chi connectivity index (χ0) is 22.0. The molecule has 1 saturated heterocycles. The number of rotatable bonds is 2. The van der Waals surface area contributed by atoms with Gasteiger partial charge in [-0.1, -0.05) is 0 Å². The Morgan fingerprint density at radius 1 is 0.828 bits per heavy atom. The van der Waals surface area contributed by atoms with E-state index in [1.807, 2.05) is 0 Å². The second-order valence-electron chi connectivity index (χ2n) is 8.78. The second-order valence-corrected chi connectivity index (χ2v) is 8.78. The van der Waals surface area contributed by atoms with Gasteiger partial charge in [0.1, 0.15) is 11.2 Å². The van der Waals surface area contributed by atoms with Crippen LogP contribution in [0.15, 0.2) is 29.3 Å². The van der Waals surface area contributed by atoms with Crippen molar-refractivity contribution in [3.05, 3.63) is 29.8 Å². The largest absolute Gasteiger partial charge is 0.443 e. The molecule has 0 unspecified atom stereocenters. The lowest BCUT2D eigenvalue weighted by Crippen LogP contribution is -2.44. The zero-order valence-corrected chi connectivity index (χ0v) is 18.1. The molecule has 0 radical (unpaired) electrons. The van der Waals surface area contributed by atoms with E-state index in [1.54, 1.807) is 65.8 Å². The highest BCUT2D eigenvalue weighted by molar-refractivity contribution is 6.04. The van der Waals surface area contributed by atoms with Crippen LogP contribution in [0, 0.1) is 0 Å². The molecule has 0 N–H and O–H groups in total. The summed E-state index contributed by atoms with van der Waals surface area (Å²) in [6.45, 7) is 12.6. The van der Waals surface area contributed by atoms with Crippen molar-refractivity contribution in [3.8, 4) is 0 Å². The number of hydrogen-bond acceptors (Lipinski definition) is 6. The summed E-state index contributed by atoms with van der Waals surface area (Å²) in [4.78, 5) is 43.9. The molecule has 1 aromatic rings. The molecule has 1 fully saturated rings. The zero-order valence-electron chi connectivity index (χ0n) is 18.1. The molecular formula is C21H29N3O5. The fourth-order valence-electron chi connectivity index (χ4n) is 2.53. The van der Waals surface area contributed by atoms with Gasteiger partial charge in [0.05, 0.1) is 18.8 Å². The van der Waals surface area contributed by atoms with E-state index in [9.17, 15) is 14.4 Å². The Hall–Kier alpha value is -2.90. The van der Waals surface area contributed by atoms with E-state index in [-0.39, 0.29) is 24.8 Å². The number of nitrogens with zero attached hydrogens (tertiary/aromatic N) is 3. The molecule has 1 heterocycles. The van der Waals surface area contributed by atoms with Gasteiger partial charge in [0.2, 0.25) is 5.96 Å². The average molecular weight is 403 g/mol. The fraction of sp³-hybridized carbons (Fsp3) is 0.524. The van der Waals surface area contributed by atoms with Gasteiger partial charge in [0.25, 0.3) is 0 Å². The second kappa shape index (κ2) is 8.23. The number of benzene rings is 1. The van der Waals surface area contributed by atoms with Gasteiger partial charge in [-0.25, -0.2) is 24.4 Å². The molecule has 158 valence electrons. The molecule has 0 aromatic heterocycles. The Balaban J connectivity index is 2.38. The lowest BCUT2D eigenvalue weighted by atomic mass is 10.1. The molecule has 8 heteroatoms. The minimum atomic E-state index is -0.690. The summed E-state index contributed by atoms with van der Waals surface area (Å²) in [7, 11) is 0. The van der Waals surface area contributed by atoms with Crippen LogP contribution in [0.2, 0.25) is 0 Å². The molecule has 2 rings (SSSR count). The van der Waals surface area contributed by atoms with E-state index in [0.29, 0.717) is 11.3 Å². The van der Waals surface area contributed by atoms with Gasteiger partial charge in [-0.2, -0.15) is 0 Å². The van der Waals surface area contributed by atoms with Gasteiger partial charge in [-0.05, 0) is 72.7 Å². The molecule has 1 aliphatic heterocycles. The summed E-state index contributed by atoms with van der Waals surface area (Å²) in [6, 6.07) is 6.60. The topological polar surface area (TPSA) is 88.5 Å². The van der Waals surface area contributed by atoms with Crippen molar-refractivity contribution in [1.82, 2.24) is 9.80 Å². The van der Waals surface area contributed by atoms with Crippen LogP contribution >= 0.6 is 0 Å². The van der Waals surface area contributed by atoms with E-state index in [1.165, 1.54) is 16.7 Å². The van der Waals surface area contributed by atoms with Gasteiger partial charge in [0.15, 0.2) is 5.78 Å². The molecule has 1 aromatic carbocycles. The third-order valence-electron chi connectivity index (χ3n) is 3.76. The molecular weight excluding hydrogens is 374 g/mol. The van der Waals surface area contributed by atoms with Crippen LogP contribution in [0.4, 0.5) is 15.3 Å². The Morgan fingerprint density at radius 2 is 1.24 bits per heavy atom. The summed E-state index contributed by atoms with van der Waals surface area (Å²) in [5, 5.41) is 0. The van der Waals surface area contributed by atoms with E-state index < -0.39 is 23.4 Å². The first-order chi connectivity index (χ1) is 13.3. The van der Waals surface area contributed by atoms with Crippen LogP contribution in [0.1, 0.15) is 58.8 Å². The van der Waals surface area contributed by atoms with Gasteiger partial charge in [0, 0.05) is 5.56 Å². The Kier molecular flexibility index (Phi) is 6.35. The predicted molar refractivity (Wildman–Crippen MR) is 109 cm³/mol. The van der Waals surface area contributed by atoms with Crippen molar-refractivity contribution in [2.75, 3.05) is 13.1 Å². The summed E-state index contributed by atoms with van der Waals surface area (Å²) in [5.41, 5.74) is -0.336. The maximum Gasteiger partial charge on any atom is 0.417 e. The number of aliphatic imine (C=N–C) groups is 1. The number of carbonyl (C=O) groups excluding carboxylic acids is 3. The first-order valence-electron chi connectivity index (χ1n) is 9.47. The summed E-state index contributed by atoms with van der Waals surface area (Å²) in [5.74, 6) is 0.0694. The number of ketones is 1. The minimum Gasteiger partial charge on any atom is -0.443 e. The fourth-order valence-corrected chi connectivity index (χ4v) is 2.53. The predicted octanol–water partition coefficient (Wildman–Crippen LogP) is 4.36. The minimum absolute atomic E-state index is 0.0594. The Labute approximate surface area is 171 Å². The van der Waals surface area contributed by atoms with Crippen LogP contribution in [-0.2, 0) is 9.47 Å². The smallest absolute Gasteiger partial charge is 0.417 e. The molecule has 0 spiro atoms. The van der Waals surface area contributed by atoms with E-state index >= 15 is 0 Å².